The second-order valence-electron chi connectivity index (χ2n) is 6.60. The Bertz CT molecular complexity index is 1120. The summed E-state index contributed by atoms with van der Waals surface area (Å²) in [5, 5.41) is 18.7. The van der Waals surface area contributed by atoms with Crippen molar-refractivity contribution in [3.8, 4) is 6.07 Å². The van der Waals surface area contributed by atoms with Gasteiger partial charge in [0.05, 0.1) is 5.39 Å². The molecule has 1 atom stereocenters. The van der Waals surface area contributed by atoms with Gasteiger partial charge in [-0.2, -0.15) is 5.26 Å². The molecule has 3 aromatic rings. The van der Waals surface area contributed by atoms with E-state index in [1.807, 2.05) is 6.07 Å². The van der Waals surface area contributed by atoms with Crippen LogP contribution in [0.25, 0.3) is 10.2 Å². The van der Waals surface area contributed by atoms with Crippen LogP contribution in [0, 0.1) is 17.2 Å². The molecule has 3 aromatic heterocycles. The average Bonchev–Trinajstić information content (AvgIpc) is 3.02. The van der Waals surface area contributed by atoms with Gasteiger partial charge in [-0.1, -0.05) is 13.0 Å². The minimum atomic E-state index is -0.0175. The summed E-state index contributed by atoms with van der Waals surface area (Å²) >= 11 is 2.91. The molecule has 8 heteroatoms. The van der Waals surface area contributed by atoms with Gasteiger partial charge < -0.3 is 0 Å². The fraction of sp³-hybridized carbons (Fsp3) is 0.316. The van der Waals surface area contributed by atoms with Gasteiger partial charge in [0.2, 0.25) is 0 Å². The van der Waals surface area contributed by atoms with Crippen LogP contribution in [0.1, 0.15) is 29.5 Å². The van der Waals surface area contributed by atoms with Gasteiger partial charge in [0.25, 0.3) is 5.56 Å². The lowest BCUT2D eigenvalue weighted by atomic mass is 9.89. The molecule has 1 aliphatic rings. The van der Waals surface area contributed by atoms with Gasteiger partial charge in [-0.05, 0) is 54.6 Å². The molecule has 0 spiro atoms. The fourth-order valence-electron chi connectivity index (χ4n) is 3.30. The Balaban J connectivity index is 1.84. The number of hydrogen-bond donors (Lipinski definition) is 0. The molecule has 1 unspecified atom stereocenters. The van der Waals surface area contributed by atoms with Crippen molar-refractivity contribution in [2.75, 3.05) is 0 Å². The van der Waals surface area contributed by atoms with Crippen molar-refractivity contribution in [1.29, 1.82) is 5.26 Å². The van der Waals surface area contributed by atoms with Crippen molar-refractivity contribution in [1.82, 2.24) is 19.7 Å². The van der Waals surface area contributed by atoms with E-state index in [2.05, 4.69) is 23.7 Å². The van der Waals surface area contributed by atoms with Crippen molar-refractivity contribution in [3.63, 3.8) is 0 Å². The molecular formula is C19H17N5OS2. The summed E-state index contributed by atoms with van der Waals surface area (Å²) in [7, 11) is 0. The van der Waals surface area contributed by atoms with E-state index in [-0.39, 0.29) is 11.3 Å². The molecule has 136 valence electrons. The number of nitrogens with zero attached hydrogens (tertiary/aromatic N) is 5. The van der Waals surface area contributed by atoms with Gasteiger partial charge in [0, 0.05) is 11.4 Å². The molecular weight excluding hydrogens is 378 g/mol. The Labute approximate surface area is 164 Å². The van der Waals surface area contributed by atoms with Crippen LogP contribution >= 0.6 is 23.1 Å². The average molecular weight is 396 g/mol. The predicted octanol–water partition coefficient (Wildman–Crippen LogP) is 3.58. The minimum absolute atomic E-state index is 0.0175. The first-order valence-corrected chi connectivity index (χ1v) is 10.3. The van der Waals surface area contributed by atoms with Crippen molar-refractivity contribution in [3.05, 3.63) is 51.3 Å². The number of fused-ring (bicyclic) bond motifs is 3. The standard InChI is InChI=1S/C19H17N5OS2/c1-3-8-24-18(25)16-13-6-4-11(2)9-14(13)26-17(16)21-19(24)27-15-7-5-12(10-20)22-23-15/h3,5,7,11H,1,4,6,8-9H2,2H3. The predicted molar refractivity (Wildman–Crippen MR) is 106 cm³/mol. The van der Waals surface area contributed by atoms with Gasteiger partial charge in [0.15, 0.2) is 10.9 Å². The van der Waals surface area contributed by atoms with Gasteiger partial charge >= 0.3 is 0 Å². The number of allylic oxidation sites excluding steroid dienone is 1. The monoisotopic (exact) mass is 395 g/mol. The molecule has 0 fully saturated rings. The molecule has 0 aliphatic heterocycles. The largest absolute Gasteiger partial charge is 0.283 e. The van der Waals surface area contributed by atoms with E-state index >= 15 is 0 Å². The first kappa shape index (κ1) is 17.9. The second kappa shape index (κ2) is 7.25. The minimum Gasteiger partial charge on any atom is -0.283 e. The van der Waals surface area contributed by atoms with Crippen molar-refractivity contribution in [2.45, 2.75) is 42.9 Å². The van der Waals surface area contributed by atoms with Crippen LogP contribution in [-0.4, -0.2) is 19.7 Å². The Morgan fingerprint density at radius 2 is 2.33 bits per heavy atom. The summed E-state index contributed by atoms with van der Waals surface area (Å²) in [5.41, 5.74) is 1.42. The van der Waals surface area contributed by atoms with Crippen LogP contribution < -0.4 is 5.56 Å². The van der Waals surface area contributed by atoms with Crippen LogP contribution in [0.5, 0.6) is 0 Å². The van der Waals surface area contributed by atoms with E-state index in [0.717, 1.165) is 29.5 Å². The van der Waals surface area contributed by atoms with Crippen LogP contribution in [0.2, 0.25) is 0 Å². The lowest BCUT2D eigenvalue weighted by molar-refractivity contribution is 0.509. The molecule has 0 saturated heterocycles. The van der Waals surface area contributed by atoms with E-state index in [4.69, 9.17) is 10.2 Å². The Kier molecular flexibility index (Phi) is 4.81. The summed E-state index contributed by atoms with van der Waals surface area (Å²) in [4.78, 5) is 20.1. The maximum absolute atomic E-state index is 13.2. The van der Waals surface area contributed by atoms with Crippen LogP contribution in [0.4, 0.5) is 0 Å². The summed E-state index contributed by atoms with van der Waals surface area (Å²) in [6.07, 6.45) is 4.76. The molecule has 27 heavy (non-hydrogen) atoms. The Morgan fingerprint density at radius 3 is 3.04 bits per heavy atom. The SMILES string of the molecule is C=CCn1c(Sc2ccc(C#N)nn2)nc2sc3c(c2c1=O)CCC(C)C3. The summed E-state index contributed by atoms with van der Waals surface area (Å²) in [5.74, 6) is 0.642. The highest BCUT2D eigenvalue weighted by Crippen LogP contribution is 2.37. The molecule has 0 aromatic carbocycles. The number of hydrogen-bond acceptors (Lipinski definition) is 7. The van der Waals surface area contributed by atoms with Crippen LogP contribution in [0.3, 0.4) is 0 Å². The van der Waals surface area contributed by atoms with Gasteiger partial charge in [0.1, 0.15) is 15.9 Å². The molecule has 0 amide bonds. The van der Waals surface area contributed by atoms with E-state index in [1.54, 1.807) is 34.1 Å². The summed E-state index contributed by atoms with van der Waals surface area (Å²) < 4.78 is 1.64. The normalized spacial score (nSPS) is 16.1. The highest BCUT2D eigenvalue weighted by atomic mass is 32.2. The number of aromatic nitrogens is 4. The molecule has 1 aliphatic carbocycles. The molecule has 6 nitrogen and oxygen atoms in total. The molecule has 3 heterocycles. The second-order valence-corrected chi connectivity index (χ2v) is 8.67. The number of thiophene rings is 1. The van der Waals surface area contributed by atoms with Crippen molar-refractivity contribution in [2.24, 2.45) is 5.92 Å². The molecule has 0 saturated carbocycles. The maximum atomic E-state index is 13.2. The lowest BCUT2D eigenvalue weighted by Gasteiger charge is -2.17. The summed E-state index contributed by atoms with van der Waals surface area (Å²) in [6, 6.07) is 5.27. The molecule has 4 rings (SSSR count). The molecule has 0 N–H and O–H groups in total. The molecule has 0 radical (unpaired) electrons. The Morgan fingerprint density at radius 1 is 1.48 bits per heavy atom. The third-order valence-corrected chi connectivity index (χ3v) is 6.71. The zero-order valence-corrected chi connectivity index (χ0v) is 16.4. The topological polar surface area (TPSA) is 84.5 Å². The third kappa shape index (κ3) is 3.29. The first-order chi connectivity index (χ1) is 13.1. The zero-order valence-electron chi connectivity index (χ0n) is 14.8. The fourth-order valence-corrected chi connectivity index (χ4v) is 5.54. The molecule has 0 bridgehead atoms. The highest BCUT2D eigenvalue weighted by Gasteiger charge is 2.24. The van der Waals surface area contributed by atoms with E-state index in [1.165, 1.54) is 22.2 Å². The smallest absolute Gasteiger partial charge is 0.263 e. The van der Waals surface area contributed by atoms with E-state index < -0.39 is 0 Å². The summed E-state index contributed by atoms with van der Waals surface area (Å²) in [6.45, 7) is 6.41. The highest BCUT2D eigenvalue weighted by molar-refractivity contribution is 7.99. The van der Waals surface area contributed by atoms with Crippen LogP contribution in [0.15, 0.2) is 39.8 Å². The number of aryl methyl sites for hydroxylation is 1. The third-order valence-electron chi connectivity index (χ3n) is 4.64. The van der Waals surface area contributed by atoms with Crippen molar-refractivity contribution < 1.29 is 0 Å². The zero-order chi connectivity index (χ0) is 19.0. The van der Waals surface area contributed by atoms with Gasteiger partial charge in [-0.3, -0.25) is 9.36 Å². The number of rotatable bonds is 4. The first-order valence-electron chi connectivity index (χ1n) is 8.68. The van der Waals surface area contributed by atoms with Crippen LogP contribution in [-0.2, 0) is 19.4 Å². The Hall–Kier alpha value is -2.50. The maximum Gasteiger partial charge on any atom is 0.263 e. The van der Waals surface area contributed by atoms with E-state index in [0.29, 0.717) is 22.6 Å². The quantitative estimate of drug-likeness (QED) is 0.496. The lowest BCUT2D eigenvalue weighted by Crippen LogP contribution is -2.23. The van der Waals surface area contributed by atoms with Crippen molar-refractivity contribution >= 4 is 33.3 Å². The van der Waals surface area contributed by atoms with Gasteiger partial charge in [-0.15, -0.1) is 28.1 Å². The van der Waals surface area contributed by atoms with Gasteiger partial charge in [-0.25, -0.2) is 4.98 Å². The number of nitriles is 1. The van der Waals surface area contributed by atoms with E-state index in [9.17, 15) is 4.79 Å².